The van der Waals surface area contributed by atoms with Gasteiger partial charge in [-0.3, -0.25) is 9.59 Å². The molecule has 0 N–H and O–H groups in total. The largest absolute Gasteiger partial charge is 0.336 e. The van der Waals surface area contributed by atoms with Crippen molar-refractivity contribution in [3.8, 4) is 0 Å². The number of benzene rings is 2. The van der Waals surface area contributed by atoms with E-state index in [1.165, 1.54) is 5.56 Å². The Kier molecular flexibility index (Phi) is 5.17. The lowest BCUT2D eigenvalue weighted by molar-refractivity contribution is -0.137. The Morgan fingerprint density at radius 3 is 2.34 bits per heavy atom. The highest BCUT2D eigenvalue weighted by Crippen LogP contribution is 2.28. The van der Waals surface area contributed by atoms with E-state index in [4.69, 9.17) is 0 Å². The zero-order valence-corrected chi connectivity index (χ0v) is 17.2. The molecule has 2 aliphatic heterocycles. The van der Waals surface area contributed by atoms with Crippen LogP contribution in [0.15, 0.2) is 48.5 Å². The van der Waals surface area contributed by atoms with Crippen LogP contribution in [0, 0.1) is 0 Å². The Hall–Kier alpha value is -2.67. The number of amides is 2. The summed E-state index contributed by atoms with van der Waals surface area (Å²) >= 11 is 0. The van der Waals surface area contributed by atoms with E-state index >= 15 is 0 Å². The van der Waals surface area contributed by atoms with E-state index in [0.29, 0.717) is 25.2 Å². The fourth-order valence-corrected chi connectivity index (χ4v) is 4.81. The molecule has 0 fully saturated rings. The third-order valence-electron chi connectivity index (χ3n) is 5.72. The third-order valence-corrected chi connectivity index (χ3v) is 6.69. The monoisotopic (exact) mass is 412 g/mol. The van der Waals surface area contributed by atoms with Crippen LogP contribution in [0.5, 0.6) is 0 Å². The van der Waals surface area contributed by atoms with E-state index in [9.17, 15) is 18.0 Å². The highest BCUT2D eigenvalue weighted by atomic mass is 32.2. The fourth-order valence-electron chi connectivity index (χ4n) is 4.16. The summed E-state index contributed by atoms with van der Waals surface area (Å²) in [5, 5.41) is 0. The van der Waals surface area contributed by atoms with E-state index in [-0.39, 0.29) is 24.0 Å². The number of carbonyl (C=O) groups excluding carboxylic acids is 2. The molecule has 0 bridgehead atoms. The van der Waals surface area contributed by atoms with E-state index < -0.39 is 15.9 Å². The molecule has 0 saturated carbocycles. The molecule has 2 amide bonds. The van der Waals surface area contributed by atoms with Gasteiger partial charge in [0, 0.05) is 31.5 Å². The van der Waals surface area contributed by atoms with Crippen LogP contribution in [0.2, 0.25) is 0 Å². The SMILES string of the molecule is CS(=O)(=O)CCC(C(=O)N1CCc2ccccc2C1)N1Cc2ccccc2C1=O. The molecule has 6 nitrogen and oxygen atoms in total. The highest BCUT2D eigenvalue weighted by molar-refractivity contribution is 7.90. The first-order valence-electron chi connectivity index (χ1n) is 9.75. The van der Waals surface area contributed by atoms with Crippen LogP contribution in [0.3, 0.4) is 0 Å². The number of hydrogen-bond donors (Lipinski definition) is 0. The summed E-state index contributed by atoms with van der Waals surface area (Å²) in [6, 6.07) is 14.5. The Bertz CT molecular complexity index is 1060. The van der Waals surface area contributed by atoms with E-state index in [2.05, 4.69) is 6.07 Å². The third kappa shape index (κ3) is 4.05. The van der Waals surface area contributed by atoms with Gasteiger partial charge in [-0.25, -0.2) is 8.42 Å². The van der Waals surface area contributed by atoms with Gasteiger partial charge in [0.1, 0.15) is 15.9 Å². The first-order chi connectivity index (χ1) is 13.8. The highest BCUT2D eigenvalue weighted by Gasteiger charge is 2.38. The van der Waals surface area contributed by atoms with E-state index in [0.717, 1.165) is 23.8 Å². The topological polar surface area (TPSA) is 74.8 Å². The smallest absolute Gasteiger partial charge is 0.255 e. The molecule has 7 heteroatoms. The second-order valence-corrected chi connectivity index (χ2v) is 10.1. The van der Waals surface area contributed by atoms with Crippen LogP contribution in [-0.2, 0) is 34.1 Å². The predicted octanol–water partition coefficient (Wildman–Crippen LogP) is 2.03. The van der Waals surface area contributed by atoms with Crippen molar-refractivity contribution in [1.82, 2.24) is 9.80 Å². The molecule has 0 radical (unpaired) electrons. The van der Waals surface area contributed by atoms with Gasteiger partial charge >= 0.3 is 0 Å². The molecule has 2 aromatic rings. The first kappa shape index (κ1) is 19.6. The molecule has 0 aromatic heterocycles. The quantitative estimate of drug-likeness (QED) is 0.753. The standard InChI is InChI=1S/C22H24N2O4S/c1-29(27,28)13-11-20(24-15-18-8-4-5-9-19(18)21(24)25)22(26)23-12-10-16-6-2-3-7-17(16)14-23/h2-9,20H,10-15H2,1H3. The minimum Gasteiger partial charge on any atom is -0.336 e. The average Bonchev–Trinajstić information content (AvgIpc) is 3.03. The van der Waals surface area contributed by atoms with Gasteiger partial charge in [-0.15, -0.1) is 0 Å². The second kappa shape index (κ2) is 7.63. The minimum absolute atomic E-state index is 0.107. The van der Waals surface area contributed by atoms with E-state index in [1.807, 2.05) is 30.3 Å². The Morgan fingerprint density at radius 1 is 1.00 bits per heavy atom. The summed E-state index contributed by atoms with van der Waals surface area (Å²) in [4.78, 5) is 29.7. The molecule has 1 unspecified atom stereocenters. The molecule has 2 aromatic carbocycles. The molecule has 2 heterocycles. The van der Waals surface area contributed by atoms with Crippen molar-refractivity contribution in [2.75, 3.05) is 18.6 Å². The number of sulfone groups is 1. The van der Waals surface area contributed by atoms with Crippen molar-refractivity contribution < 1.29 is 18.0 Å². The molecule has 0 saturated heterocycles. The zero-order valence-electron chi connectivity index (χ0n) is 16.4. The molecule has 152 valence electrons. The van der Waals surface area contributed by atoms with E-state index in [1.54, 1.807) is 21.9 Å². The zero-order chi connectivity index (χ0) is 20.6. The van der Waals surface area contributed by atoms with Gasteiger partial charge in [0.15, 0.2) is 0 Å². The second-order valence-electron chi connectivity index (χ2n) is 7.80. The number of hydrogen-bond acceptors (Lipinski definition) is 4. The van der Waals surface area contributed by atoms with Crippen molar-refractivity contribution in [3.05, 3.63) is 70.8 Å². The molecule has 2 aliphatic rings. The summed E-state index contributed by atoms with van der Waals surface area (Å²) in [6.07, 6.45) is 2.02. The van der Waals surface area contributed by atoms with Gasteiger partial charge in [0.25, 0.3) is 5.91 Å². The van der Waals surface area contributed by atoms with Crippen molar-refractivity contribution in [2.24, 2.45) is 0 Å². The lowest BCUT2D eigenvalue weighted by Gasteiger charge is -2.35. The van der Waals surface area contributed by atoms with Gasteiger partial charge in [-0.05, 0) is 35.6 Å². The maximum Gasteiger partial charge on any atom is 0.255 e. The molecule has 0 spiro atoms. The Balaban J connectivity index is 1.59. The lowest BCUT2D eigenvalue weighted by Crippen LogP contribution is -2.50. The van der Waals surface area contributed by atoms with Gasteiger partial charge in [-0.1, -0.05) is 42.5 Å². The van der Waals surface area contributed by atoms with Gasteiger partial charge in [0.05, 0.1) is 5.75 Å². The van der Waals surface area contributed by atoms with Crippen LogP contribution in [0.1, 0.15) is 33.5 Å². The summed E-state index contributed by atoms with van der Waals surface area (Å²) in [6.45, 7) is 1.39. The maximum absolute atomic E-state index is 13.4. The molecular weight excluding hydrogens is 388 g/mol. The summed E-state index contributed by atoms with van der Waals surface area (Å²) in [5.74, 6) is -0.511. The van der Waals surface area contributed by atoms with Crippen LogP contribution < -0.4 is 0 Å². The number of rotatable bonds is 5. The Morgan fingerprint density at radius 2 is 1.66 bits per heavy atom. The number of carbonyl (C=O) groups is 2. The molecular formula is C22H24N2O4S. The van der Waals surface area contributed by atoms with Crippen molar-refractivity contribution in [2.45, 2.75) is 32.0 Å². The van der Waals surface area contributed by atoms with Crippen LogP contribution in [0.4, 0.5) is 0 Å². The number of nitrogens with zero attached hydrogens (tertiary/aromatic N) is 2. The van der Waals surface area contributed by atoms with Gasteiger partial charge in [0.2, 0.25) is 5.91 Å². The van der Waals surface area contributed by atoms with Gasteiger partial charge < -0.3 is 9.80 Å². The fraction of sp³-hybridized carbons (Fsp3) is 0.364. The van der Waals surface area contributed by atoms with Gasteiger partial charge in [-0.2, -0.15) is 0 Å². The number of fused-ring (bicyclic) bond motifs is 2. The predicted molar refractivity (Wildman–Crippen MR) is 110 cm³/mol. The molecule has 4 rings (SSSR count). The molecule has 0 aliphatic carbocycles. The van der Waals surface area contributed by atoms with Crippen LogP contribution >= 0.6 is 0 Å². The lowest BCUT2D eigenvalue weighted by atomic mass is 9.99. The molecule has 29 heavy (non-hydrogen) atoms. The van der Waals surface area contributed by atoms with Crippen molar-refractivity contribution in [1.29, 1.82) is 0 Å². The maximum atomic E-state index is 13.4. The van der Waals surface area contributed by atoms with Crippen LogP contribution in [-0.4, -0.2) is 54.6 Å². The summed E-state index contributed by atoms with van der Waals surface area (Å²) < 4.78 is 23.6. The summed E-state index contributed by atoms with van der Waals surface area (Å²) in [7, 11) is -3.26. The normalized spacial score (nSPS) is 17.1. The Labute approximate surface area is 171 Å². The average molecular weight is 413 g/mol. The summed E-state index contributed by atoms with van der Waals surface area (Å²) in [5.41, 5.74) is 3.80. The van der Waals surface area contributed by atoms with Crippen LogP contribution in [0.25, 0.3) is 0 Å². The minimum atomic E-state index is -3.26. The van der Waals surface area contributed by atoms with Crippen molar-refractivity contribution in [3.63, 3.8) is 0 Å². The van der Waals surface area contributed by atoms with Crippen molar-refractivity contribution >= 4 is 21.7 Å². The molecule has 1 atom stereocenters. The first-order valence-corrected chi connectivity index (χ1v) is 11.8.